The summed E-state index contributed by atoms with van der Waals surface area (Å²) in [5.74, 6) is 0. The van der Waals surface area contributed by atoms with Gasteiger partial charge in [0.1, 0.15) is 0 Å². The van der Waals surface area contributed by atoms with Crippen LogP contribution in [0.3, 0.4) is 0 Å². The molecule has 0 radical (unpaired) electrons. The van der Waals surface area contributed by atoms with Gasteiger partial charge in [-0.15, -0.1) is 0 Å². The molecule has 3 aromatic rings. The Morgan fingerprint density at radius 1 is 1.00 bits per heavy atom. The fourth-order valence-corrected chi connectivity index (χ4v) is 3.90. The van der Waals surface area contributed by atoms with Gasteiger partial charge in [-0.05, 0) is 48.9 Å². The van der Waals surface area contributed by atoms with Gasteiger partial charge in [0, 0.05) is 16.4 Å². The highest BCUT2D eigenvalue weighted by atomic mass is 79.9. The first-order valence-corrected chi connectivity index (χ1v) is 9.71. The molecule has 0 aliphatic rings. The Morgan fingerprint density at radius 3 is 2.25 bits per heavy atom. The number of sulfonamides is 1. The monoisotopic (exact) mass is 404 g/mol. The molecule has 0 aliphatic carbocycles. The van der Waals surface area contributed by atoms with E-state index in [9.17, 15) is 8.42 Å². The topological polar surface area (TPSA) is 62.0 Å². The van der Waals surface area contributed by atoms with Gasteiger partial charge < -0.3 is 4.98 Å². The van der Waals surface area contributed by atoms with E-state index in [4.69, 9.17) is 0 Å². The van der Waals surface area contributed by atoms with Gasteiger partial charge in [0.15, 0.2) is 0 Å². The minimum Gasteiger partial charge on any atom is -0.363 e. The normalized spacial score (nSPS) is 12.9. The van der Waals surface area contributed by atoms with Crippen molar-refractivity contribution in [1.29, 1.82) is 0 Å². The maximum atomic E-state index is 12.8. The molecule has 2 aromatic carbocycles. The smallest absolute Gasteiger partial charge is 0.241 e. The van der Waals surface area contributed by atoms with E-state index in [1.165, 1.54) is 0 Å². The highest BCUT2D eigenvalue weighted by molar-refractivity contribution is 9.10. The van der Waals surface area contributed by atoms with Crippen LogP contribution in [-0.4, -0.2) is 13.4 Å². The molecule has 0 bridgehead atoms. The minimum absolute atomic E-state index is 0.252. The molecule has 2 N–H and O–H groups in total. The van der Waals surface area contributed by atoms with Crippen molar-refractivity contribution in [2.75, 3.05) is 0 Å². The van der Waals surface area contributed by atoms with Crippen LogP contribution in [0.4, 0.5) is 0 Å². The van der Waals surface area contributed by atoms with E-state index in [0.29, 0.717) is 0 Å². The number of aromatic nitrogens is 1. The van der Waals surface area contributed by atoms with Crippen LogP contribution in [0.5, 0.6) is 0 Å². The van der Waals surface area contributed by atoms with E-state index in [-0.39, 0.29) is 4.90 Å². The average Bonchev–Trinajstić information content (AvgIpc) is 3.08. The highest BCUT2D eigenvalue weighted by Crippen LogP contribution is 2.25. The quantitative estimate of drug-likeness (QED) is 0.670. The second kappa shape index (κ2) is 6.93. The molecule has 1 atom stereocenters. The standard InChI is InChI=1S/C18H17BrN2O2S/c1-13-4-10-16(11-5-13)24(22,23)21-18(17-3-2-12-20-17)14-6-8-15(19)9-7-14/h2-12,18,20-21H,1H3. The van der Waals surface area contributed by atoms with Crippen molar-refractivity contribution in [3.8, 4) is 0 Å². The van der Waals surface area contributed by atoms with Crippen LogP contribution in [0.25, 0.3) is 0 Å². The lowest BCUT2D eigenvalue weighted by molar-refractivity contribution is 0.570. The molecule has 3 rings (SSSR count). The molecule has 4 nitrogen and oxygen atoms in total. The van der Waals surface area contributed by atoms with Crippen LogP contribution in [0.2, 0.25) is 0 Å². The number of benzene rings is 2. The molecule has 24 heavy (non-hydrogen) atoms. The Hall–Kier alpha value is -1.89. The summed E-state index contributed by atoms with van der Waals surface area (Å²) in [7, 11) is -3.64. The van der Waals surface area contributed by atoms with Gasteiger partial charge in [0.2, 0.25) is 10.0 Å². The molecular weight excluding hydrogens is 388 g/mol. The Kier molecular flexibility index (Phi) is 4.89. The van der Waals surface area contributed by atoms with Crippen LogP contribution in [0.1, 0.15) is 22.9 Å². The number of rotatable bonds is 5. The summed E-state index contributed by atoms with van der Waals surface area (Å²) < 4.78 is 29.2. The molecule has 1 unspecified atom stereocenters. The fourth-order valence-electron chi connectivity index (χ4n) is 2.43. The van der Waals surface area contributed by atoms with Crippen LogP contribution in [0.15, 0.2) is 76.2 Å². The lowest BCUT2D eigenvalue weighted by atomic mass is 10.1. The fraction of sp³-hybridized carbons (Fsp3) is 0.111. The maximum Gasteiger partial charge on any atom is 0.241 e. The molecule has 1 aromatic heterocycles. The molecule has 6 heteroatoms. The number of aryl methyl sites for hydroxylation is 1. The maximum absolute atomic E-state index is 12.8. The lowest BCUT2D eigenvalue weighted by Crippen LogP contribution is -2.29. The van der Waals surface area contributed by atoms with Gasteiger partial charge in [-0.3, -0.25) is 0 Å². The average molecular weight is 405 g/mol. The molecule has 0 spiro atoms. The molecule has 1 heterocycles. The van der Waals surface area contributed by atoms with Crippen LogP contribution >= 0.6 is 15.9 Å². The van der Waals surface area contributed by atoms with E-state index in [1.807, 2.05) is 43.3 Å². The summed E-state index contributed by atoms with van der Waals surface area (Å²) in [5.41, 5.74) is 2.66. The summed E-state index contributed by atoms with van der Waals surface area (Å²) in [6.07, 6.45) is 1.78. The van der Waals surface area contributed by atoms with Gasteiger partial charge in [0.05, 0.1) is 10.9 Å². The zero-order valence-electron chi connectivity index (χ0n) is 13.0. The number of hydrogen-bond donors (Lipinski definition) is 2. The molecule has 0 saturated carbocycles. The number of H-pyrrole nitrogens is 1. The van der Waals surface area contributed by atoms with Crippen molar-refractivity contribution in [2.45, 2.75) is 17.9 Å². The van der Waals surface area contributed by atoms with Gasteiger partial charge >= 0.3 is 0 Å². The molecule has 0 aliphatic heterocycles. The molecule has 0 fully saturated rings. The van der Waals surface area contributed by atoms with Gasteiger partial charge in [-0.2, -0.15) is 4.72 Å². The Balaban J connectivity index is 1.97. The molecular formula is C18H17BrN2O2S. The second-order valence-electron chi connectivity index (χ2n) is 5.54. The number of aromatic amines is 1. The van der Waals surface area contributed by atoms with Crippen molar-refractivity contribution >= 4 is 26.0 Å². The Bertz CT molecular complexity index is 903. The zero-order valence-corrected chi connectivity index (χ0v) is 15.4. The number of halogens is 1. The Morgan fingerprint density at radius 2 is 1.67 bits per heavy atom. The largest absolute Gasteiger partial charge is 0.363 e. The summed E-state index contributed by atoms with van der Waals surface area (Å²) in [4.78, 5) is 3.35. The van der Waals surface area contributed by atoms with Crippen LogP contribution in [0, 0.1) is 6.92 Å². The van der Waals surface area contributed by atoms with Crippen molar-refractivity contribution < 1.29 is 8.42 Å². The summed E-state index contributed by atoms with van der Waals surface area (Å²) in [6.45, 7) is 1.92. The second-order valence-corrected chi connectivity index (χ2v) is 8.17. The Labute approximate surface area is 150 Å². The number of nitrogens with one attached hydrogen (secondary N) is 2. The predicted molar refractivity (Wildman–Crippen MR) is 98.3 cm³/mol. The van der Waals surface area contributed by atoms with Gasteiger partial charge in [-0.25, -0.2) is 8.42 Å². The molecule has 0 saturated heterocycles. The first kappa shape index (κ1) is 17.0. The first-order valence-electron chi connectivity index (χ1n) is 7.43. The first-order chi connectivity index (χ1) is 11.5. The van der Waals surface area contributed by atoms with E-state index in [0.717, 1.165) is 21.3 Å². The van der Waals surface area contributed by atoms with Crippen molar-refractivity contribution in [3.63, 3.8) is 0 Å². The third kappa shape index (κ3) is 3.77. The highest BCUT2D eigenvalue weighted by Gasteiger charge is 2.23. The third-order valence-electron chi connectivity index (χ3n) is 3.74. The van der Waals surface area contributed by atoms with E-state index < -0.39 is 16.1 Å². The zero-order chi connectivity index (χ0) is 17.2. The van der Waals surface area contributed by atoms with Gasteiger partial charge in [0.25, 0.3) is 0 Å². The minimum atomic E-state index is -3.64. The number of hydrogen-bond acceptors (Lipinski definition) is 2. The molecule has 0 amide bonds. The summed E-state index contributed by atoms with van der Waals surface area (Å²) >= 11 is 3.40. The SMILES string of the molecule is Cc1ccc(S(=O)(=O)NC(c2ccc(Br)cc2)c2ccc[nH]2)cc1. The van der Waals surface area contributed by atoms with Crippen LogP contribution in [-0.2, 0) is 10.0 Å². The van der Waals surface area contributed by atoms with Crippen molar-refractivity contribution in [2.24, 2.45) is 0 Å². The van der Waals surface area contributed by atoms with E-state index in [1.54, 1.807) is 30.5 Å². The summed E-state index contributed by atoms with van der Waals surface area (Å²) in [5, 5.41) is 0. The van der Waals surface area contributed by atoms with E-state index >= 15 is 0 Å². The van der Waals surface area contributed by atoms with Crippen molar-refractivity contribution in [3.05, 3.63) is 88.2 Å². The third-order valence-corrected chi connectivity index (χ3v) is 5.71. The summed E-state index contributed by atoms with van der Waals surface area (Å²) in [6, 6.07) is 17.6. The van der Waals surface area contributed by atoms with Gasteiger partial charge in [-0.1, -0.05) is 45.8 Å². The predicted octanol–water partition coefficient (Wildman–Crippen LogP) is 4.15. The van der Waals surface area contributed by atoms with Crippen molar-refractivity contribution in [1.82, 2.24) is 9.71 Å². The molecule has 124 valence electrons. The van der Waals surface area contributed by atoms with E-state index in [2.05, 4.69) is 25.6 Å². The lowest BCUT2D eigenvalue weighted by Gasteiger charge is -2.18. The van der Waals surface area contributed by atoms with Crippen LogP contribution < -0.4 is 4.72 Å².